The summed E-state index contributed by atoms with van der Waals surface area (Å²) in [7, 11) is 0. The van der Waals surface area contributed by atoms with Crippen LogP contribution in [0.25, 0.3) is 0 Å². The zero-order chi connectivity index (χ0) is 14.7. The number of benzene rings is 1. The van der Waals surface area contributed by atoms with Crippen molar-refractivity contribution < 1.29 is 22.7 Å². The molecule has 1 aliphatic rings. The Hall–Kier alpha value is -1.72. The fraction of sp³-hybridized carbons (Fsp3) is 0.500. The largest absolute Gasteiger partial charge is 0.466 e. The number of halogens is 3. The fourth-order valence-electron chi connectivity index (χ4n) is 2.41. The van der Waals surface area contributed by atoms with Gasteiger partial charge in [-0.15, -0.1) is 0 Å². The standard InChI is InChI=1S/C14H16F3NO2/c1-2-20-14(19)9-4-3-7-18(8-9)11-6-5-10(15)12(16)13(11)17/h5-6,9H,2-4,7-8H2,1H3. The summed E-state index contributed by atoms with van der Waals surface area (Å²) in [5, 5.41) is 0. The number of carbonyl (C=O) groups is 1. The van der Waals surface area contributed by atoms with E-state index in [0.717, 1.165) is 6.07 Å². The van der Waals surface area contributed by atoms with Crippen LogP contribution in [0.4, 0.5) is 18.9 Å². The topological polar surface area (TPSA) is 29.5 Å². The second-order valence-corrected chi connectivity index (χ2v) is 4.73. The Morgan fingerprint density at radius 1 is 1.35 bits per heavy atom. The zero-order valence-electron chi connectivity index (χ0n) is 11.2. The number of anilines is 1. The molecule has 1 fully saturated rings. The van der Waals surface area contributed by atoms with E-state index in [1.165, 1.54) is 6.07 Å². The Morgan fingerprint density at radius 3 is 2.80 bits per heavy atom. The Balaban J connectivity index is 2.17. The molecule has 0 radical (unpaired) electrons. The molecule has 1 saturated heterocycles. The van der Waals surface area contributed by atoms with Crippen molar-refractivity contribution in [2.75, 3.05) is 24.6 Å². The molecule has 0 bridgehead atoms. The van der Waals surface area contributed by atoms with Crippen molar-refractivity contribution in [3.8, 4) is 0 Å². The highest BCUT2D eigenvalue weighted by atomic mass is 19.2. The van der Waals surface area contributed by atoms with Gasteiger partial charge in [0.2, 0.25) is 0 Å². The van der Waals surface area contributed by atoms with Crippen LogP contribution < -0.4 is 4.90 Å². The summed E-state index contributed by atoms with van der Waals surface area (Å²) in [6.45, 7) is 2.75. The predicted molar refractivity (Wildman–Crippen MR) is 67.9 cm³/mol. The van der Waals surface area contributed by atoms with Crippen molar-refractivity contribution in [2.24, 2.45) is 5.92 Å². The van der Waals surface area contributed by atoms with Crippen LogP contribution in [-0.4, -0.2) is 25.7 Å². The minimum Gasteiger partial charge on any atom is -0.466 e. The van der Waals surface area contributed by atoms with Gasteiger partial charge in [0.1, 0.15) is 0 Å². The van der Waals surface area contributed by atoms with Gasteiger partial charge >= 0.3 is 5.97 Å². The van der Waals surface area contributed by atoms with Gasteiger partial charge in [-0.05, 0) is 31.9 Å². The van der Waals surface area contributed by atoms with Crippen LogP contribution in [0.3, 0.4) is 0 Å². The van der Waals surface area contributed by atoms with E-state index >= 15 is 0 Å². The van der Waals surface area contributed by atoms with Crippen molar-refractivity contribution in [3.63, 3.8) is 0 Å². The summed E-state index contributed by atoms with van der Waals surface area (Å²) in [6, 6.07) is 2.09. The van der Waals surface area contributed by atoms with Crippen molar-refractivity contribution >= 4 is 11.7 Å². The molecule has 20 heavy (non-hydrogen) atoms. The monoisotopic (exact) mass is 287 g/mol. The van der Waals surface area contributed by atoms with Crippen molar-refractivity contribution in [1.82, 2.24) is 0 Å². The van der Waals surface area contributed by atoms with Gasteiger partial charge in [-0.3, -0.25) is 4.79 Å². The van der Waals surface area contributed by atoms with Crippen LogP contribution in [0.5, 0.6) is 0 Å². The summed E-state index contributed by atoms with van der Waals surface area (Å²) < 4.78 is 44.9. The lowest BCUT2D eigenvalue weighted by Crippen LogP contribution is -2.40. The number of rotatable bonds is 3. The zero-order valence-corrected chi connectivity index (χ0v) is 11.2. The maximum absolute atomic E-state index is 13.8. The molecule has 3 nitrogen and oxygen atoms in total. The Bertz CT molecular complexity index is 507. The van der Waals surface area contributed by atoms with Crippen molar-refractivity contribution in [3.05, 3.63) is 29.6 Å². The molecule has 1 aliphatic heterocycles. The number of carbonyl (C=O) groups excluding carboxylic acids is 1. The molecule has 0 spiro atoms. The Labute approximate surface area is 115 Å². The van der Waals surface area contributed by atoms with Crippen LogP contribution in [0, 0.1) is 23.4 Å². The van der Waals surface area contributed by atoms with Gasteiger partial charge in [0.15, 0.2) is 17.5 Å². The van der Waals surface area contributed by atoms with Crippen LogP contribution in [-0.2, 0) is 9.53 Å². The van der Waals surface area contributed by atoms with E-state index in [1.807, 2.05) is 0 Å². The molecule has 110 valence electrons. The number of hydrogen-bond acceptors (Lipinski definition) is 3. The number of piperidine rings is 1. The second-order valence-electron chi connectivity index (χ2n) is 4.73. The average Bonchev–Trinajstić information content (AvgIpc) is 2.45. The van der Waals surface area contributed by atoms with Gasteiger partial charge in [-0.2, -0.15) is 0 Å². The lowest BCUT2D eigenvalue weighted by molar-refractivity contribution is -0.148. The third-order valence-electron chi connectivity index (χ3n) is 3.40. The highest BCUT2D eigenvalue weighted by molar-refractivity contribution is 5.73. The van der Waals surface area contributed by atoms with E-state index in [-0.39, 0.29) is 30.7 Å². The molecular formula is C14H16F3NO2. The first-order valence-electron chi connectivity index (χ1n) is 6.59. The minimum absolute atomic E-state index is 0.0158. The first kappa shape index (κ1) is 14.7. The molecule has 1 aromatic rings. The van der Waals surface area contributed by atoms with E-state index < -0.39 is 17.5 Å². The van der Waals surface area contributed by atoms with E-state index in [1.54, 1.807) is 11.8 Å². The van der Waals surface area contributed by atoms with Gasteiger partial charge in [0.05, 0.1) is 18.2 Å². The number of hydrogen-bond donors (Lipinski definition) is 0. The number of nitrogens with zero attached hydrogens (tertiary/aromatic N) is 1. The van der Waals surface area contributed by atoms with E-state index in [4.69, 9.17) is 4.74 Å². The first-order chi connectivity index (χ1) is 9.54. The Morgan fingerprint density at radius 2 is 2.10 bits per heavy atom. The van der Waals surface area contributed by atoms with Gasteiger partial charge in [0, 0.05) is 13.1 Å². The molecule has 0 aromatic heterocycles. The van der Waals surface area contributed by atoms with Gasteiger partial charge in [-0.25, -0.2) is 13.2 Å². The molecule has 1 heterocycles. The van der Waals surface area contributed by atoms with Crippen LogP contribution in [0.15, 0.2) is 12.1 Å². The number of ether oxygens (including phenoxy) is 1. The summed E-state index contributed by atoms with van der Waals surface area (Å²) in [5.74, 6) is -4.61. The molecule has 1 atom stereocenters. The molecule has 0 saturated carbocycles. The molecule has 6 heteroatoms. The first-order valence-corrected chi connectivity index (χ1v) is 6.59. The maximum Gasteiger partial charge on any atom is 0.310 e. The summed E-state index contributed by atoms with van der Waals surface area (Å²) >= 11 is 0. The van der Waals surface area contributed by atoms with Crippen molar-refractivity contribution in [1.29, 1.82) is 0 Å². The average molecular weight is 287 g/mol. The molecule has 1 aromatic carbocycles. The molecular weight excluding hydrogens is 271 g/mol. The van der Waals surface area contributed by atoms with Crippen LogP contribution in [0.1, 0.15) is 19.8 Å². The SMILES string of the molecule is CCOC(=O)C1CCCN(c2ccc(F)c(F)c2F)C1. The third kappa shape index (κ3) is 2.89. The molecule has 2 rings (SSSR count). The smallest absolute Gasteiger partial charge is 0.310 e. The van der Waals surface area contributed by atoms with Crippen LogP contribution >= 0.6 is 0 Å². The summed E-state index contributed by atoms with van der Waals surface area (Å²) in [6.07, 6.45) is 1.32. The number of esters is 1. The van der Waals surface area contributed by atoms with Crippen molar-refractivity contribution in [2.45, 2.75) is 19.8 Å². The maximum atomic E-state index is 13.8. The summed E-state index contributed by atoms with van der Waals surface area (Å²) in [4.78, 5) is 13.3. The fourth-order valence-corrected chi connectivity index (χ4v) is 2.41. The summed E-state index contributed by atoms with van der Waals surface area (Å²) in [5.41, 5.74) is -0.0158. The highest BCUT2D eigenvalue weighted by Crippen LogP contribution is 2.28. The highest BCUT2D eigenvalue weighted by Gasteiger charge is 2.29. The van der Waals surface area contributed by atoms with E-state index in [2.05, 4.69) is 0 Å². The third-order valence-corrected chi connectivity index (χ3v) is 3.40. The lowest BCUT2D eigenvalue weighted by atomic mass is 9.97. The lowest BCUT2D eigenvalue weighted by Gasteiger charge is -2.33. The Kier molecular flexibility index (Phi) is 4.52. The van der Waals surface area contributed by atoms with Gasteiger partial charge < -0.3 is 9.64 Å². The quantitative estimate of drug-likeness (QED) is 0.632. The predicted octanol–water partition coefficient (Wildman–Crippen LogP) is 2.88. The van der Waals surface area contributed by atoms with Crippen LogP contribution in [0.2, 0.25) is 0 Å². The minimum atomic E-state index is -1.49. The molecule has 0 N–H and O–H groups in total. The van der Waals surface area contributed by atoms with Gasteiger partial charge in [0.25, 0.3) is 0 Å². The molecule has 1 unspecified atom stereocenters. The second kappa shape index (κ2) is 6.15. The molecule has 0 amide bonds. The van der Waals surface area contributed by atoms with E-state index in [9.17, 15) is 18.0 Å². The van der Waals surface area contributed by atoms with Gasteiger partial charge in [-0.1, -0.05) is 0 Å². The molecule has 0 aliphatic carbocycles. The normalized spacial score (nSPS) is 19.0. The van der Waals surface area contributed by atoms with E-state index in [0.29, 0.717) is 19.4 Å².